The van der Waals surface area contributed by atoms with Gasteiger partial charge in [-0.2, -0.15) is 0 Å². The average molecular weight is 311 g/mol. The summed E-state index contributed by atoms with van der Waals surface area (Å²) in [5, 5.41) is 0. The summed E-state index contributed by atoms with van der Waals surface area (Å²) in [4.78, 5) is 0. The summed E-state index contributed by atoms with van der Waals surface area (Å²) in [6, 6.07) is 1.35. The van der Waals surface area contributed by atoms with Crippen molar-refractivity contribution in [3.8, 4) is 0 Å². The second kappa shape index (κ2) is 4.58. The Balaban J connectivity index is 1.88. The van der Waals surface area contributed by atoms with Crippen molar-refractivity contribution in [1.29, 1.82) is 0 Å². The van der Waals surface area contributed by atoms with E-state index in [1.165, 1.54) is 31.7 Å². The van der Waals surface area contributed by atoms with Crippen LogP contribution in [0.2, 0.25) is 19.1 Å². The van der Waals surface area contributed by atoms with Crippen molar-refractivity contribution in [3.05, 3.63) is 0 Å². The molecule has 0 aromatic carbocycles. The zero-order chi connectivity index (χ0) is 15.7. The maximum Gasteiger partial charge on any atom is 0.187 e. The predicted molar refractivity (Wildman–Crippen MR) is 90.0 cm³/mol. The van der Waals surface area contributed by atoms with E-state index in [1.54, 1.807) is 0 Å². The highest BCUT2D eigenvalue weighted by Gasteiger charge is 2.65. The molecule has 0 unspecified atom stereocenters. The Morgan fingerprint density at radius 3 is 2.29 bits per heavy atom. The fraction of sp³-hybridized carbons (Fsp3) is 1.00. The normalized spacial score (nSPS) is 49.0. The standard InChI is InChI=1S/C18H34O2Si/c1-16(2,3)19-15-9-11-17(4)13-12-21(6,7)20-14(13)8-10-18(15,17)5/h13-15H,8-12H2,1-7H3/t13-,14-,15-,17-,18+/m0/s1. The Bertz CT molecular complexity index is 427. The molecule has 0 aromatic heterocycles. The molecule has 21 heavy (non-hydrogen) atoms. The minimum Gasteiger partial charge on any atom is -0.414 e. The molecule has 122 valence electrons. The fourth-order valence-corrected chi connectivity index (χ4v) is 8.58. The highest BCUT2D eigenvalue weighted by atomic mass is 28.4. The number of rotatable bonds is 1. The lowest BCUT2D eigenvalue weighted by atomic mass is 9.54. The molecule has 1 heterocycles. The Kier molecular flexibility index (Phi) is 3.49. The van der Waals surface area contributed by atoms with Crippen molar-refractivity contribution in [3.63, 3.8) is 0 Å². The van der Waals surface area contributed by atoms with Gasteiger partial charge in [-0.1, -0.05) is 13.8 Å². The smallest absolute Gasteiger partial charge is 0.187 e. The van der Waals surface area contributed by atoms with E-state index in [0.29, 0.717) is 23.0 Å². The van der Waals surface area contributed by atoms with Gasteiger partial charge in [0.2, 0.25) is 0 Å². The molecule has 0 spiro atoms. The summed E-state index contributed by atoms with van der Waals surface area (Å²) in [5.41, 5.74) is 0.711. The Labute approximate surface area is 132 Å². The third-order valence-electron chi connectivity index (χ3n) is 6.83. The molecule has 1 aliphatic heterocycles. The number of fused-ring (bicyclic) bond motifs is 3. The maximum absolute atomic E-state index is 6.51. The Hall–Kier alpha value is 0.137. The topological polar surface area (TPSA) is 18.5 Å². The van der Waals surface area contributed by atoms with E-state index in [-0.39, 0.29) is 5.60 Å². The number of hydrogen-bond donors (Lipinski definition) is 0. The van der Waals surface area contributed by atoms with Crippen LogP contribution in [0.3, 0.4) is 0 Å². The molecular weight excluding hydrogens is 276 g/mol. The van der Waals surface area contributed by atoms with Crippen molar-refractivity contribution >= 4 is 8.32 Å². The molecule has 0 bridgehead atoms. The van der Waals surface area contributed by atoms with Crippen molar-refractivity contribution in [1.82, 2.24) is 0 Å². The van der Waals surface area contributed by atoms with Crippen molar-refractivity contribution in [2.75, 3.05) is 0 Å². The van der Waals surface area contributed by atoms with Gasteiger partial charge in [0.05, 0.1) is 11.7 Å². The quantitative estimate of drug-likeness (QED) is 0.635. The highest BCUT2D eigenvalue weighted by Crippen LogP contribution is 2.67. The van der Waals surface area contributed by atoms with Gasteiger partial charge in [-0.3, -0.25) is 0 Å². The van der Waals surface area contributed by atoms with Crippen molar-refractivity contribution < 1.29 is 9.16 Å². The molecule has 2 saturated carbocycles. The average Bonchev–Trinajstić information content (AvgIpc) is 2.75. The molecule has 0 N–H and O–H groups in total. The summed E-state index contributed by atoms with van der Waals surface area (Å²) in [6.07, 6.45) is 6.04. The van der Waals surface area contributed by atoms with E-state index >= 15 is 0 Å². The van der Waals surface area contributed by atoms with Crippen LogP contribution >= 0.6 is 0 Å². The van der Waals surface area contributed by atoms with Gasteiger partial charge < -0.3 is 9.16 Å². The van der Waals surface area contributed by atoms with Crippen LogP contribution in [0.5, 0.6) is 0 Å². The fourth-order valence-electron chi connectivity index (χ4n) is 5.61. The third kappa shape index (κ3) is 2.44. The Morgan fingerprint density at radius 2 is 1.67 bits per heavy atom. The van der Waals surface area contributed by atoms with Crippen LogP contribution in [0.25, 0.3) is 0 Å². The molecule has 1 saturated heterocycles. The van der Waals surface area contributed by atoms with Crippen LogP contribution in [0.1, 0.15) is 60.3 Å². The van der Waals surface area contributed by atoms with Crippen LogP contribution in [-0.2, 0) is 9.16 Å². The van der Waals surface area contributed by atoms with E-state index in [2.05, 4.69) is 47.7 Å². The number of ether oxygens (including phenoxy) is 1. The minimum atomic E-state index is -1.42. The maximum atomic E-state index is 6.51. The van der Waals surface area contributed by atoms with Crippen LogP contribution in [0, 0.1) is 16.7 Å². The van der Waals surface area contributed by atoms with Crippen LogP contribution in [-0.4, -0.2) is 26.1 Å². The molecule has 0 radical (unpaired) electrons. The summed E-state index contributed by atoms with van der Waals surface area (Å²) in [6.45, 7) is 16.5. The third-order valence-corrected chi connectivity index (χ3v) is 9.20. The minimum absolute atomic E-state index is 0.0318. The predicted octanol–water partition coefficient (Wildman–Crippen LogP) is 4.99. The van der Waals surface area contributed by atoms with E-state index in [4.69, 9.17) is 9.16 Å². The molecule has 0 amide bonds. The summed E-state index contributed by atoms with van der Waals surface area (Å²) < 4.78 is 13.0. The summed E-state index contributed by atoms with van der Waals surface area (Å²) in [7, 11) is -1.42. The second-order valence-corrected chi connectivity index (χ2v) is 14.0. The highest BCUT2D eigenvalue weighted by molar-refractivity contribution is 6.71. The van der Waals surface area contributed by atoms with Gasteiger partial charge >= 0.3 is 0 Å². The zero-order valence-electron chi connectivity index (χ0n) is 15.1. The SMILES string of the molecule is CC(C)(C)O[C@H]1CC[C@@]2(C)[C@H]3C[Si](C)(C)O[C@H]3CC[C@]12C. The largest absolute Gasteiger partial charge is 0.414 e. The van der Waals surface area contributed by atoms with Gasteiger partial charge in [-0.25, -0.2) is 0 Å². The van der Waals surface area contributed by atoms with Crippen LogP contribution in [0.4, 0.5) is 0 Å². The lowest BCUT2D eigenvalue weighted by Gasteiger charge is -2.54. The first-order valence-electron chi connectivity index (χ1n) is 8.83. The summed E-state index contributed by atoms with van der Waals surface area (Å²) in [5.74, 6) is 0.770. The molecule has 3 heteroatoms. The monoisotopic (exact) mass is 310 g/mol. The van der Waals surface area contributed by atoms with Crippen LogP contribution in [0.15, 0.2) is 0 Å². The van der Waals surface area contributed by atoms with Gasteiger partial charge in [0, 0.05) is 6.10 Å². The van der Waals surface area contributed by atoms with Gasteiger partial charge in [-0.05, 0) is 82.3 Å². The number of hydrogen-bond acceptors (Lipinski definition) is 2. The van der Waals surface area contributed by atoms with Gasteiger partial charge in [0.15, 0.2) is 8.32 Å². The molecule has 2 nitrogen and oxygen atoms in total. The van der Waals surface area contributed by atoms with Crippen LogP contribution < -0.4 is 0 Å². The van der Waals surface area contributed by atoms with Gasteiger partial charge in [0.25, 0.3) is 0 Å². The molecule has 0 aromatic rings. The molecule has 2 aliphatic carbocycles. The first-order chi connectivity index (χ1) is 9.47. The molecular formula is C18H34O2Si. The van der Waals surface area contributed by atoms with E-state index < -0.39 is 8.32 Å². The first kappa shape index (κ1) is 16.0. The zero-order valence-corrected chi connectivity index (χ0v) is 16.1. The van der Waals surface area contributed by atoms with Crippen molar-refractivity contribution in [2.24, 2.45) is 16.7 Å². The molecule has 5 atom stereocenters. The van der Waals surface area contributed by atoms with Crippen molar-refractivity contribution in [2.45, 2.75) is 97.2 Å². The lowest BCUT2D eigenvalue weighted by molar-refractivity contribution is -0.154. The summed E-state index contributed by atoms with van der Waals surface area (Å²) >= 11 is 0. The van der Waals surface area contributed by atoms with Gasteiger partial charge in [0.1, 0.15) is 0 Å². The lowest BCUT2D eigenvalue weighted by Crippen LogP contribution is -2.52. The second-order valence-electron chi connectivity index (χ2n) is 9.86. The first-order valence-corrected chi connectivity index (χ1v) is 11.9. The van der Waals surface area contributed by atoms with E-state index in [1.807, 2.05) is 0 Å². The Morgan fingerprint density at radius 1 is 1.05 bits per heavy atom. The molecule has 3 aliphatic rings. The molecule has 3 rings (SSSR count). The van der Waals surface area contributed by atoms with Gasteiger partial charge in [-0.15, -0.1) is 0 Å². The molecule has 3 fully saturated rings. The van der Waals surface area contributed by atoms with E-state index in [9.17, 15) is 0 Å². The van der Waals surface area contributed by atoms with E-state index in [0.717, 1.165) is 5.92 Å².